The van der Waals surface area contributed by atoms with E-state index in [1.165, 1.54) is 12.1 Å². The highest BCUT2D eigenvalue weighted by atomic mass is 16.5. The molecule has 0 bridgehead atoms. The maximum atomic E-state index is 12.4. The normalized spacial score (nSPS) is 12.7. The Kier molecular flexibility index (Phi) is 8.78. The Hall–Kier alpha value is -4.14. The molecule has 198 valence electrons. The van der Waals surface area contributed by atoms with Crippen LogP contribution in [0.25, 0.3) is 10.9 Å². The van der Waals surface area contributed by atoms with Crippen LogP contribution < -0.4 is 20.9 Å². The molecule has 1 aromatic heterocycles. The van der Waals surface area contributed by atoms with Crippen LogP contribution in [0.5, 0.6) is 11.5 Å². The number of ether oxygens (including phenoxy) is 1. The van der Waals surface area contributed by atoms with E-state index in [1.807, 2.05) is 55.5 Å². The molecule has 38 heavy (non-hydrogen) atoms. The number of phenols is 1. The Morgan fingerprint density at radius 3 is 2.50 bits per heavy atom. The Labute approximate surface area is 221 Å². The second-order valence-corrected chi connectivity index (χ2v) is 9.40. The van der Waals surface area contributed by atoms with Gasteiger partial charge >= 0.3 is 0 Å². The number of amides is 1. The summed E-state index contributed by atoms with van der Waals surface area (Å²) in [6.07, 6.45) is 0.223. The Morgan fingerprint density at radius 1 is 1.00 bits per heavy atom. The third-order valence-corrected chi connectivity index (χ3v) is 6.52. The van der Waals surface area contributed by atoms with E-state index in [-0.39, 0.29) is 23.3 Å². The minimum absolute atomic E-state index is 0.0349. The van der Waals surface area contributed by atoms with Crippen LogP contribution in [0.1, 0.15) is 35.3 Å². The molecule has 2 atom stereocenters. The second-order valence-electron chi connectivity index (χ2n) is 9.40. The summed E-state index contributed by atoms with van der Waals surface area (Å²) < 4.78 is 5.33. The number of aliphatic hydroxyl groups excluding tert-OH is 1. The number of fused-ring (bicyclic) bond motifs is 1. The van der Waals surface area contributed by atoms with Crippen molar-refractivity contribution in [1.82, 2.24) is 15.6 Å². The smallest absolute Gasteiger partial charge is 0.248 e. The molecule has 0 radical (unpaired) electrons. The number of rotatable bonds is 11. The molecule has 0 saturated carbocycles. The van der Waals surface area contributed by atoms with Crippen molar-refractivity contribution in [2.75, 3.05) is 13.7 Å². The zero-order chi connectivity index (χ0) is 27.1. The van der Waals surface area contributed by atoms with E-state index in [0.29, 0.717) is 36.0 Å². The van der Waals surface area contributed by atoms with Gasteiger partial charge in [-0.25, -0.2) is 0 Å². The summed E-state index contributed by atoms with van der Waals surface area (Å²) in [5, 5.41) is 27.7. The van der Waals surface area contributed by atoms with Crippen molar-refractivity contribution in [2.45, 2.75) is 38.5 Å². The van der Waals surface area contributed by atoms with Crippen LogP contribution in [-0.2, 0) is 24.2 Å². The van der Waals surface area contributed by atoms with E-state index in [2.05, 4.69) is 15.6 Å². The van der Waals surface area contributed by atoms with Crippen LogP contribution in [0.15, 0.2) is 77.6 Å². The van der Waals surface area contributed by atoms with Crippen molar-refractivity contribution in [3.05, 3.63) is 105 Å². The molecular weight excluding hydrogens is 482 g/mol. The zero-order valence-corrected chi connectivity index (χ0v) is 21.5. The molecule has 0 spiro atoms. The number of para-hydroxylation sites is 1. The van der Waals surface area contributed by atoms with E-state index in [9.17, 15) is 19.8 Å². The van der Waals surface area contributed by atoms with Gasteiger partial charge in [0.15, 0.2) is 0 Å². The van der Waals surface area contributed by atoms with E-state index in [0.717, 1.165) is 28.9 Å². The molecule has 8 heteroatoms. The van der Waals surface area contributed by atoms with Gasteiger partial charge in [-0.3, -0.25) is 9.59 Å². The number of H-pyrrole nitrogens is 1. The molecular formula is C30H33N3O5. The summed E-state index contributed by atoms with van der Waals surface area (Å²) in [5.41, 5.74) is 3.60. The highest BCUT2D eigenvalue weighted by Crippen LogP contribution is 2.28. The average Bonchev–Trinajstić information content (AvgIpc) is 2.92. The predicted octanol–water partition coefficient (Wildman–Crippen LogP) is 3.36. The first-order valence-electron chi connectivity index (χ1n) is 12.6. The summed E-state index contributed by atoms with van der Waals surface area (Å²) in [6, 6.07) is 21.8. The first kappa shape index (κ1) is 26.9. The number of carbonyl (C=O) groups excluding carboxylic acids is 1. The maximum Gasteiger partial charge on any atom is 0.248 e. The highest BCUT2D eigenvalue weighted by Gasteiger charge is 2.15. The first-order valence-corrected chi connectivity index (χ1v) is 12.6. The third-order valence-electron chi connectivity index (χ3n) is 6.52. The third kappa shape index (κ3) is 6.79. The largest absolute Gasteiger partial charge is 0.506 e. The minimum Gasteiger partial charge on any atom is -0.506 e. The van der Waals surface area contributed by atoms with Crippen LogP contribution in [-0.4, -0.2) is 40.8 Å². The number of pyridine rings is 1. The van der Waals surface area contributed by atoms with Crippen LogP contribution in [0.4, 0.5) is 0 Å². The Bertz CT molecular complexity index is 1450. The molecule has 0 aliphatic carbocycles. The van der Waals surface area contributed by atoms with Gasteiger partial charge in [-0.15, -0.1) is 0 Å². The molecule has 4 aromatic rings. The number of aromatic amines is 1. The standard InChI is InChI=1S/C30H33N3O5/c1-19(31-18-26(35)23-11-13-25(34)30-24(23)12-14-28(36)33-30)15-20-7-9-21(10-8-20)16-29(37)32-17-22-5-3-4-6-27(22)38-2/h3-14,19,26,31,34-35H,15-18H2,1-2H3,(H,32,37)(H,33,36)/t19-,26+/m1/s1. The summed E-state index contributed by atoms with van der Waals surface area (Å²) >= 11 is 0. The molecule has 1 heterocycles. The highest BCUT2D eigenvalue weighted by molar-refractivity contribution is 5.87. The lowest BCUT2D eigenvalue weighted by molar-refractivity contribution is -0.120. The van der Waals surface area contributed by atoms with E-state index in [4.69, 9.17) is 4.74 Å². The van der Waals surface area contributed by atoms with Crippen LogP contribution in [0.3, 0.4) is 0 Å². The lowest BCUT2D eigenvalue weighted by atomic mass is 10.0. The van der Waals surface area contributed by atoms with Crippen molar-refractivity contribution in [1.29, 1.82) is 0 Å². The number of benzene rings is 3. The topological polar surface area (TPSA) is 124 Å². The number of aromatic nitrogens is 1. The van der Waals surface area contributed by atoms with Gasteiger partial charge in [0.05, 0.1) is 25.2 Å². The number of hydrogen-bond acceptors (Lipinski definition) is 6. The number of methoxy groups -OCH3 is 1. The molecule has 3 aromatic carbocycles. The van der Waals surface area contributed by atoms with Crippen molar-refractivity contribution in [2.24, 2.45) is 0 Å². The van der Waals surface area contributed by atoms with Gasteiger partial charge in [0.2, 0.25) is 11.5 Å². The molecule has 1 amide bonds. The molecule has 0 aliphatic heterocycles. The SMILES string of the molecule is COc1ccccc1CNC(=O)Cc1ccc(C[C@@H](C)NC[C@H](O)c2ccc(O)c3[nH]c(=O)ccc23)cc1. The first-order chi connectivity index (χ1) is 18.3. The lowest BCUT2D eigenvalue weighted by Gasteiger charge is -2.19. The molecule has 0 aliphatic rings. The van der Waals surface area contributed by atoms with Gasteiger partial charge in [-0.05, 0) is 48.2 Å². The van der Waals surface area contributed by atoms with E-state index < -0.39 is 6.10 Å². The number of hydrogen-bond donors (Lipinski definition) is 5. The zero-order valence-electron chi connectivity index (χ0n) is 21.5. The molecule has 0 unspecified atom stereocenters. The Morgan fingerprint density at radius 2 is 1.74 bits per heavy atom. The summed E-state index contributed by atoms with van der Waals surface area (Å²) in [7, 11) is 1.61. The molecule has 5 N–H and O–H groups in total. The summed E-state index contributed by atoms with van der Waals surface area (Å²) in [6.45, 7) is 2.76. The quantitative estimate of drug-likeness (QED) is 0.209. The number of aromatic hydroxyl groups is 1. The van der Waals surface area contributed by atoms with Gasteiger partial charge in [0.1, 0.15) is 11.5 Å². The summed E-state index contributed by atoms with van der Waals surface area (Å²) in [5.74, 6) is 0.658. The minimum atomic E-state index is -0.816. The molecule has 0 saturated heterocycles. The maximum absolute atomic E-state index is 12.4. The van der Waals surface area contributed by atoms with Crippen molar-refractivity contribution in [3.8, 4) is 11.5 Å². The van der Waals surface area contributed by atoms with Crippen molar-refractivity contribution >= 4 is 16.8 Å². The van der Waals surface area contributed by atoms with Crippen LogP contribution in [0, 0.1) is 0 Å². The Balaban J connectivity index is 1.27. The van der Waals surface area contributed by atoms with Gasteiger partial charge in [0, 0.05) is 36.1 Å². The van der Waals surface area contributed by atoms with Gasteiger partial charge in [-0.1, -0.05) is 48.5 Å². The fourth-order valence-electron chi connectivity index (χ4n) is 4.48. The van der Waals surface area contributed by atoms with Crippen LogP contribution >= 0.6 is 0 Å². The van der Waals surface area contributed by atoms with Crippen LogP contribution in [0.2, 0.25) is 0 Å². The fourth-order valence-corrected chi connectivity index (χ4v) is 4.48. The lowest BCUT2D eigenvalue weighted by Crippen LogP contribution is -2.32. The van der Waals surface area contributed by atoms with E-state index in [1.54, 1.807) is 19.2 Å². The van der Waals surface area contributed by atoms with E-state index >= 15 is 0 Å². The number of nitrogens with one attached hydrogen (secondary N) is 3. The predicted molar refractivity (Wildman–Crippen MR) is 147 cm³/mol. The fraction of sp³-hybridized carbons (Fsp3) is 0.267. The molecule has 0 fully saturated rings. The van der Waals surface area contributed by atoms with Gasteiger partial charge < -0.3 is 30.6 Å². The van der Waals surface area contributed by atoms with Gasteiger partial charge in [-0.2, -0.15) is 0 Å². The molecule has 8 nitrogen and oxygen atoms in total. The number of aliphatic hydroxyl groups is 1. The summed E-state index contributed by atoms with van der Waals surface area (Å²) in [4.78, 5) is 26.7. The number of phenolic OH excluding ortho intramolecular Hbond substituents is 1. The van der Waals surface area contributed by atoms with Crippen molar-refractivity contribution < 1.29 is 19.7 Å². The van der Waals surface area contributed by atoms with Gasteiger partial charge in [0.25, 0.3) is 0 Å². The van der Waals surface area contributed by atoms with Crippen molar-refractivity contribution in [3.63, 3.8) is 0 Å². The average molecular weight is 516 g/mol. The second kappa shape index (κ2) is 12.4. The monoisotopic (exact) mass is 515 g/mol. The number of carbonyl (C=O) groups is 1. The molecule has 4 rings (SSSR count).